The van der Waals surface area contributed by atoms with E-state index in [2.05, 4.69) is 26.8 Å². The molecule has 0 aliphatic carbocycles. The summed E-state index contributed by atoms with van der Waals surface area (Å²) in [5.74, 6) is 0.472. The highest BCUT2D eigenvalue weighted by Crippen LogP contribution is 2.41. The molecule has 4 nitrogen and oxygen atoms in total. The van der Waals surface area contributed by atoms with Crippen LogP contribution in [0.25, 0.3) is 72.7 Å². The Hall–Kier alpha value is -6.26. The number of benzene rings is 6. The maximum atomic E-state index is 11.6. The van der Waals surface area contributed by atoms with Gasteiger partial charge in [-0.25, -0.2) is 4.98 Å². The minimum absolute atomic E-state index is 0.0326. The highest BCUT2D eigenvalue weighted by atomic mass is 16.3. The molecule has 266 valence electrons. The Morgan fingerprint density at radius 2 is 1.43 bits per heavy atom. The van der Waals surface area contributed by atoms with Crippen molar-refractivity contribution in [2.75, 3.05) is 0 Å². The third kappa shape index (κ3) is 6.49. The van der Waals surface area contributed by atoms with Crippen LogP contribution in [0, 0.1) is 27.6 Å². The average molecular weight is 714 g/mol. The SMILES string of the molecule is [2H]c1c([2H])c(C([2H])([2H])[2H])c([2H])c([2H])c1-c1ccnc(-c2cc(-c3cccc4c3nc(-c3cc(C)cc(C)c3O)n4-c3ccc(-c4ccccc4)c(C([2H])([2H])[2H])c3)cc(C(C)(C)C)c2)c1. The lowest BCUT2D eigenvalue weighted by molar-refractivity contribution is 0.472. The number of aryl methyl sites for hydroxylation is 3. The molecule has 0 radical (unpaired) electrons. The molecule has 0 atom stereocenters. The summed E-state index contributed by atoms with van der Waals surface area (Å²) >= 11 is 0. The molecule has 0 bridgehead atoms. The first-order valence-electron chi connectivity index (χ1n) is 22.8. The quantitative estimate of drug-likeness (QED) is 0.187. The summed E-state index contributed by atoms with van der Waals surface area (Å²) in [7, 11) is 0. The zero-order valence-electron chi connectivity index (χ0n) is 40.8. The molecular weight excluding hydrogens is 659 g/mol. The third-order valence-corrected chi connectivity index (χ3v) is 9.80. The van der Waals surface area contributed by atoms with Crippen LogP contribution in [-0.2, 0) is 5.41 Å². The van der Waals surface area contributed by atoms with Gasteiger partial charge in [-0.1, -0.05) is 111 Å². The molecule has 4 heteroatoms. The molecule has 0 spiro atoms. The standard InChI is InChI=1S/C50H45N3O/c1-31-16-18-35(19-17-31)37-22-23-51-45(30-37)39-27-38(28-40(29-39)50(5,6)7)43-14-11-15-46-47(43)52-49(44-25-32(2)24-34(4)48(44)54)53(46)41-20-21-42(33(3)26-41)36-12-9-8-10-13-36/h8-30,54H,1-7H3/i1D3,3D3,16D,17D,18D,19D. The van der Waals surface area contributed by atoms with Gasteiger partial charge in [0.15, 0.2) is 0 Å². The molecular formula is C50H45N3O. The van der Waals surface area contributed by atoms with E-state index in [9.17, 15) is 5.11 Å². The number of nitrogens with zero attached hydrogens (tertiary/aromatic N) is 3. The number of imidazole rings is 1. The normalized spacial score (nSPS) is 14.8. The predicted molar refractivity (Wildman–Crippen MR) is 225 cm³/mol. The van der Waals surface area contributed by atoms with E-state index in [4.69, 9.17) is 23.7 Å². The summed E-state index contributed by atoms with van der Waals surface area (Å²) in [6, 6.07) is 31.5. The van der Waals surface area contributed by atoms with Gasteiger partial charge < -0.3 is 5.11 Å². The fourth-order valence-electron chi connectivity index (χ4n) is 7.01. The first kappa shape index (κ1) is 24.9. The summed E-state index contributed by atoms with van der Waals surface area (Å²) in [6.07, 6.45) is 1.53. The summed E-state index contributed by atoms with van der Waals surface area (Å²) in [5, 5.41) is 11.6. The van der Waals surface area contributed by atoms with Crippen LogP contribution in [0.2, 0.25) is 0 Å². The van der Waals surface area contributed by atoms with Gasteiger partial charge in [0.25, 0.3) is 0 Å². The van der Waals surface area contributed by atoms with Gasteiger partial charge in [-0.05, 0) is 132 Å². The molecule has 0 aliphatic rings. The van der Waals surface area contributed by atoms with Crippen molar-refractivity contribution in [3.05, 3.63) is 167 Å². The van der Waals surface area contributed by atoms with Crippen LogP contribution in [0.3, 0.4) is 0 Å². The summed E-state index contributed by atoms with van der Waals surface area (Å²) in [6.45, 7) is 4.75. The lowest BCUT2D eigenvalue weighted by Crippen LogP contribution is -2.11. The van der Waals surface area contributed by atoms with Crippen molar-refractivity contribution in [1.29, 1.82) is 0 Å². The van der Waals surface area contributed by atoms with Crippen molar-refractivity contribution < 1.29 is 18.8 Å². The van der Waals surface area contributed by atoms with Gasteiger partial charge in [-0.3, -0.25) is 9.55 Å². The third-order valence-electron chi connectivity index (χ3n) is 9.80. The van der Waals surface area contributed by atoms with Crippen molar-refractivity contribution >= 4 is 11.0 Å². The van der Waals surface area contributed by atoms with Gasteiger partial charge in [0.05, 0.1) is 27.8 Å². The van der Waals surface area contributed by atoms with Crippen molar-refractivity contribution in [3.8, 4) is 67.5 Å². The molecule has 0 saturated carbocycles. The molecule has 54 heavy (non-hydrogen) atoms. The van der Waals surface area contributed by atoms with Crippen LogP contribution < -0.4 is 0 Å². The van der Waals surface area contributed by atoms with E-state index in [1.807, 2.05) is 103 Å². The topological polar surface area (TPSA) is 50.9 Å². The van der Waals surface area contributed by atoms with Gasteiger partial charge >= 0.3 is 0 Å². The Bertz CT molecular complexity index is 3120. The summed E-state index contributed by atoms with van der Waals surface area (Å²) in [5.41, 5.74) is 8.39. The molecule has 2 aromatic heterocycles. The number of hydrogen-bond acceptors (Lipinski definition) is 3. The molecule has 0 amide bonds. The molecule has 6 aromatic carbocycles. The molecule has 8 aromatic rings. The lowest BCUT2D eigenvalue weighted by atomic mass is 9.83. The highest BCUT2D eigenvalue weighted by molar-refractivity contribution is 5.97. The van der Waals surface area contributed by atoms with Crippen LogP contribution in [0.1, 0.15) is 62.3 Å². The van der Waals surface area contributed by atoms with Gasteiger partial charge in [0.2, 0.25) is 0 Å². The van der Waals surface area contributed by atoms with Crippen molar-refractivity contribution in [1.82, 2.24) is 14.5 Å². The smallest absolute Gasteiger partial charge is 0.149 e. The van der Waals surface area contributed by atoms with Crippen LogP contribution in [0.15, 0.2) is 140 Å². The van der Waals surface area contributed by atoms with Gasteiger partial charge in [0, 0.05) is 31.2 Å². The fraction of sp³-hybridized carbons (Fsp3) is 0.160. The van der Waals surface area contributed by atoms with E-state index < -0.39 is 43.4 Å². The van der Waals surface area contributed by atoms with E-state index >= 15 is 0 Å². The first-order chi connectivity index (χ1) is 30.0. The van der Waals surface area contributed by atoms with Crippen LogP contribution in [0.4, 0.5) is 0 Å². The second-order valence-corrected chi connectivity index (χ2v) is 14.7. The molecule has 0 fully saturated rings. The maximum absolute atomic E-state index is 11.6. The molecule has 2 heterocycles. The Kier molecular flexibility index (Phi) is 6.28. The lowest BCUT2D eigenvalue weighted by Gasteiger charge is -2.22. The molecule has 0 saturated heterocycles. The Balaban J connectivity index is 1.37. The van der Waals surface area contributed by atoms with Gasteiger partial charge in [-0.2, -0.15) is 0 Å². The second kappa shape index (κ2) is 13.6. The average Bonchev–Trinajstić information content (AvgIpc) is 3.63. The summed E-state index contributed by atoms with van der Waals surface area (Å²) < 4.78 is 85.8. The Labute approximate surface area is 332 Å². The largest absolute Gasteiger partial charge is 0.507 e. The maximum Gasteiger partial charge on any atom is 0.149 e. The number of hydrogen-bond donors (Lipinski definition) is 1. The van der Waals surface area contributed by atoms with Gasteiger partial charge in [0.1, 0.15) is 11.6 Å². The zero-order valence-corrected chi connectivity index (χ0v) is 30.8. The second-order valence-electron chi connectivity index (χ2n) is 14.7. The van der Waals surface area contributed by atoms with Crippen LogP contribution in [-0.4, -0.2) is 19.6 Å². The number of rotatable bonds is 6. The van der Waals surface area contributed by atoms with Crippen molar-refractivity contribution in [2.24, 2.45) is 0 Å². The minimum Gasteiger partial charge on any atom is -0.507 e. The van der Waals surface area contributed by atoms with E-state index in [-0.39, 0.29) is 22.3 Å². The number of fused-ring (bicyclic) bond motifs is 1. The summed E-state index contributed by atoms with van der Waals surface area (Å²) in [4.78, 5) is 9.99. The van der Waals surface area contributed by atoms with Crippen LogP contribution in [0.5, 0.6) is 5.75 Å². The van der Waals surface area contributed by atoms with Crippen LogP contribution >= 0.6 is 0 Å². The molecule has 1 N–H and O–H groups in total. The molecule has 0 unspecified atom stereocenters. The Morgan fingerprint density at radius 3 is 2.19 bits per heavy atom. The monoisotopic (exact) mass is 713 g/mol. The zero-order chi connectivity index (χ0) is 46.2. The van der Waals surface area contributed by atoms with E-state index in [1.165, 1.54) is 6.20 Å². The number of aromatic hydroxyl groups is 1. The predicted octanol–water partition coefficient (Wildman–Crippen LogP) is 13.0. The van der Waals surface area contributed by atoms with E-state index in [0.717, 1.165) is 27.8 Å². The van der Waals surface area contributed by atoms with E-state index in [1.54, 1.807) is 18.2 Å². The molecule has 0 aliphatic heterocycles. The molecule has 8 rings (SSSR count). The fourth-order valence-corrected chi connectivity index (χ4v) is 7.01. The minimum atomic E-state index is -2.84. The number of pyridine rings is 1. The highest BCUT2D eigenvalue weighted by Gasteiger charge is 2.23. The number of phenols is 1. The Morgan fingerprint density at radius 1 is 0.630 bits per heavy atom. The number of para-hydroxylation sites is 1. The number of aromatic nitrogens is 3. The van der Waals surface area contributed by atoms with Crippen molar-refractivity contribution in [3.63, 3.8) is 0 Å². The van der Waals surface area contributed by atoms with Gasteiger partial charge in [-0.15, -0.1) is 0 Å². The van der Waals surface area contributed by atoms with E-state index in [0.29, 0.717) is 56.1 Å². The first-order valence-corrected chi connectivity index (χ1v) is 17.8. The number of phenolic OH excluding ortho intramolecular Hbond substituents is 1. The van der Waals surface area contributed by atoms with Crippen molar-refractivity contribution in [2.45, 2.75) is 53.7 Å².